The lowest BCUT2D eigenvalue weighted by Gasteiger charge is -2.31. The molecule has 0 aliphatic heterocycles. The average molecular weight is 1650 g/mol. The first kappa shape index (κ1) is 83.4. The van der Waals surface area contributed by atoms with E-state index in [1.807, 2.05) is 72.8 Å². The Kier molecular flexibility index (Phi) is 27.2. The van der Waals surface area contributed by atoms with Crippen molar-refractivity contribution >= 4 is 39.6 Å². The van der Waals surface area contributed by atoms with Crippen LogP contribution in [-0.2, 0) is 0 Å². The first-order valence-corrected chi connectivity index (χ1v) is 45.2. The van der Waals surface area contributed by atoms with Crippen molar-refractivity contribution in [1.82, 2.24) is 0 Å². The van der Waals surface area contributed by atoms with Gasteiger partial charge in [0, 0.05) is 46.0 Å². The molecule has 2 heteroatoms. The van der Waals surface area contributed by atoms with Crippen molar-refractivity contribution in [3.05, 3.63) is 572 Å². The molecule has 16 aromatic carbocycles. The quantitative estimate of drug-likeness (QED) is 0.0796. The predicted molar refractivity (Wildman–Crippen MR) is 546 cm³/mol. The molecular weight excluding hydrogens is 1540 g/mol. The minimum atomic E-state index is 0.419. The Hall–Kier alpha value is -15.5. The summed E-state index contributed by atoms with van der Waals surface area (Å²) in [5.41, 5.74) is 37.9. The van der Waals surface area contributed by atoms with E-state index in [1.54, 1.807) is 0 Å². The summed E-state index contributed by atoms with van der Waals surface area (Å²) in [6, 6.07) is 158. The lowest BCUT2D eigenvalue weighted by atomic mass is 9.84. The van der Waals surface area contributed by atoms with Crippen molar-refractivity contribution in [3.63, 3.8) is 0 Å². The molecule has 0 radical (unpaired) electrons. The molecule has 5 aliphatic rings. The molecule has 2 atom stereocenters. The second kappa shape index (κ2) is 41.8. The third kappa shape index (κ3) is 21.1. The molecule has 0 saturated carbocycles. The van der Waals surface area contributed by atoms with Crippen molar-refractivity contribution in [1.29, 1.82) is 0 Å². The molecule has 0 saturated heterocycles. The SMILES string of the molecule is C1=CC(c2ccccc2)CC=C1c1ccc(N(c2ccc(-c3ccc(-c4ccccc4)cc3)cc2)c2ccc(-c3ccc(-c4ccc(-c5ccccc5)cc4)cc3)cc2)cc1.C1=CCCC(C2=CC=C(C3=CC=C(N(c4ccc(C5=CCC(c6ccccc6)C=C5)cc4)c4ccc(-c5ccc(-c6ccccc6)cc5)cc4)CC3)CC2)=C1.c1ccccc1.c1ccccc1. The van der Waals surface area contributed by atoms with E-state index < -0.39 is 0 Å². The average Bonchev–Trinajstić information content (AvgIpc) is 0.790. The standard InChI is InChI=1S/C60H45N.C54H47N.2C6H6/c1-4-10-44(11-5-1)47-16-22-50(23-17-47)51-28-30-54(31-29-51)57-36-42-60(43-37-57)61(58-38-32-55(33-39-58)52-24-18-48(19-25-52)45-12-6-2-7-13-45)59-40-34-56(35-41-59)53-26-20-49(21-27-53)46-14-8-3-9-15-46;1-4-10-40(11-5-1)43-16-22-46(23-17-43)49-28-34-52(35-29-49)55(53-36-30-50(31-37-53)47-24-18-44(19-25-47)41-12-6-2-7-13-41)54-38-32-51(33-39-54)48-26-20-45(21-27-48)42-14-8-3-9-15-42;2*1-2-4-6-5-3-1/h1-20,22-43,49H,21H2;1-8,10-14,16-18,20,22-26,28-32,34-38,44H,9,15,19,21,27,33,39H2;2*1-6H. The van der Waals surface area contributed by atoms with Gasteiger partial charge in [0.25, 0.3) is 0 Å². The van der Waals surface area contributed by atoms with Crippen LogP contribution >= 0.6 is 0 Å². The van der Waals surface area contributed by atoms with E-state index in [4.69, 9.17) is 0 Å². The Balaban J connectivity index is 0.000000153. The summed E-state index contributed by atoms with van der Waals surface area (Å²) in [5, 5.41) is 0. The van der Waals surface area contributed by atoms with Crippen LogP contribution < -0.4 is 9.80 Å². The van der Waals surface area contributed by atoms with Gasteiger partial charge in [0.15, 0.2) is 0 Å². The Morgan fingerprint density at radius 3 is 0.656 bits per heavy atom. The number of benzene rings is 16. The van der Waals surface area contributed by atoms with Crippen LogP contribution in [0.3, 0.4) is 0 Å². The van der Waals surface area contributed by atoms with Gasteiger partial charge in [-0.15, -0.1) is 0 Å². The van der Waals surface area contributed by atoms with Crippen LogP contribution in [0.4, 0.5) is 28.4 Å². The monoisotopic (exact) mass is 1640 g/mol. The molecular formula is C126H104N2. The Bertz CT molecular complexity index is 6540. The fourth-order valence-corrected chi connectivity index (χ4v) is 17.7. The number of nitrogens with zero attached hydrogens (tertiary/aromatic N) is 2. The van der Waals surface area contributed by atoms with Crippen LogP contribution in [0.2, 0.25) is 0 Å². The number of rotatable bonds is 19. The summed E-state index contributed by atoms with van der Waals surface area (Å²) in [5.74, 6) is 0.859. The molecule has 0 spiro atoms. The van der Waals surface area contributed by atoms with Gasteiger partial charge < -0.3 is 9.80 Å². The van der Waals surface area contributed by atoms with Crippen molar-refractivity contribution in [2.75, 3.05) is 9.80 Å². The first-order valence-electron chi connectivity index (χ1n) is 45.2. The zero-order valence-corrected chi connectivity index (χ0v) is 72.4. The highest BCUT2D eigenvalue weighted by atomic mass is 15.2. The molecule has 0 heterocycles. The van der Waals surface area contributed by atoms with Crippen LogP contribution in [0.5, 0.6) is 0 Å². The van der Waals surface area contributed by atoms with Crippen molar-refractivity contribution < 1.29 is 0 Å². The van der Waals surface area contributed by atoms with Crippen LogP contribution in [0, 0.1) is 0 Å². The van der Waals surface area contributed by atoms with Crippen molar-refractivity contribution in [2.24, 2.45) is 0 Å². The van der Waals surface area contributed by atoms with Crippen molar-refractivity contribution in [2.45, 2.75) is 63.2 Å². The van der Waals surface area contributed by atoms with Gasteiger partial charge in [-0.3, -0.25) is 0 Å². The maximum atomic E-state index is 2.46. The second-order valence-electron chi connectivity index (χ2n) is 33.1. The van der Waals surface area contributed by atoms with Gasteiger partial charge in [-0.2, -0.15) is 0 Å². The van der Waals surface area contributed by atoms with E-state index in [-0.39, 0.29) is 0 Å². The van der Waals surface area contributed by atoms with Gasteiger partial charge in [-0.05, 0) is 252 Å². The molecule has 2 nitrogen and oxygen atoms in total. The van der Waals surface area contributed by atoms with Gasteiger partial charge in [-0.1, -0.05) is 455 Å². The molecule has 618 valence electrons. The number of hydrogen-bond acceptors (Lipinski definition) is 2. The molecule has 0 bridgehead atoms. The normalized spacial score (nSPS) is 14.9. The van der Waals surface area contributed by atoms with E-state index in [2.05, 4.69) is 459 Å². The molecule has 0 fully saturated rings. The number of allylic oxidation sites excluding steroid dienone is 20. The van der Waals surface area contributed by atoms with Gasteiger partial charge >= 0.3 is 0 Å². The summed E-state index contributed by atoms with van der Waals surface area (Å²) < 4.78 is 0. The maximum Gasteiger partial charge on any atom is 0.0462 e. The highest BCUT2D eigenvalue weighted by molar-refractivity contribution is 5.85. The van der Waals surface area contributed by atoms with E-state index in [1.165, 1.54) is 157 Å². The van der Waals surface area contributed by atoms with Gasteiger partial charge in [0.1, 0.15) is 0 Å². The van der Waals surface area contributed by atoms with E-state index >= 15 is 0 Å². The topological polar surface area (TPSA) is 6.48 Å². The van der Waals surface area contributed by atoms with Gasteiger partial charge in [0.2, 0.25) is 0 Å². The van der Waals surface area contributed by atoms with Crippen LogP contribution in [0.15, 0.2) is 550 Å². The first-order chi connectivity index (χ1) is 63.5. The van der Waals surface area contributed by atoms with Crippen LogP contribution in [-0.4, -0.2) is 0 Å². The summed E-state index contributed by atoms with van der Waals surface area (Å²) in [6.07, 6.45) is 39.0. The third-order valence-electron chi connectivity index (χ3n) is 24.9. The molecule has 5 aliphatic carbocycles. The number of hydrogen-bond donors (Lipinski definition) is 0. The number of anilines is 5. The van der Waals surface area contributed by atoms with Crippen LogP contribution in [0.1, 0.15) is 85.5 Å². The lowest BCUT2D eigenvalue weighted by Crippen LogP contribution is -2.18. The second-order valence-corrected chi connectivity index (χ2v) is 33.1. The smallest absolute Gasteiger partial charge is 0.0462 e. The Morgan fingerprint density at radius 1 is 0.188 bits per heavy atom. The highest BCUT2D eigenvalue weighted by Crippen LogP contribution is 2.44. The fraction of sp³-hybridized carbons (Fsp3) is 0.0794. The Labute approximate surface area is 757 Å². The highest BCUT2D eigenvalue weighted by Gasteiger charge is 2.23. The minimum absolute atomic E-state index is 0.419. The largest absolute Gasteiger partial charge is 0.314 e. The molecule has 2 unspecified atom stereocenters. The van der Waals surface area contributed by atoms with E-state index in [9.17, 15) is 0 Å². The molecule has 16 aromatic rings. The Morgan fingerprint density at radius 2 is 0.414 bits per heavy atom. The minimum Gasteiger partial charge on any atom is -0.314 e. The summed E-state index contributed by atoms with van der Waals surface area (Å²) >= 11 is 0. The molecule has 0 aromatic heterocycles. The van der Waals surface area contributed by atoms with Gasteiger partial charge in [0.05, 0.1) is 0 Å². The molecule has 0 amide bonds. The fourth-order valence-electron chi connectivity index (χ4n) is 17.7. The summed E-state index contributed by atoms with van der Waals surface area (Å²) in [4.78, 5) is 4.82. The van der Waals surface area contributed by atoms with E-state index in [0.29, 0.717) is 11.8 Å². The lowest BCUT2D eigenvalue weighted by molar-refractivity contribution is 0.829. The molecule has 0 N–H and O–H groups in total. The summed E-state index contributed by atoms with van der Waals surface area (Å²) in [6.45, 7) is 0. The van der Waals surface area contributed by atoms with E-state index in [0.717, 1.165) is 62.0 Å². The predicted octanol–water partition coefficient (Wildman–Crippen LogP) is 34.8. The van der Waals surface area contributed by atoms with Crippen molar-refractivity contribution in [3.8, 4) is 77.9 Å². The molecule has 128 heavy (non-hydrogen) atoms. The van der Waals surface area contributed by atoms with Gasteiger partial charge in [-0.25, -0.2) is 0 Å². The maximum absolute atomic E-state index is 2.46. The third-order valence-corrected chi connectivity index (χ3v) is 24.9. The zero-order valence-electron chi connectivity index (χ0n) is 72.4. The zero-order chi connectivity index (χ0) is 86.1. The summed E-state index contributed by atoms with van der Waals surface area (Å²) in [7, 11) is 0. The van der Waals surface area contributed by atoms with Crippen LogP contribution in [0.25, 0.3) is 89.0 Å². The molecule has 21 rings (SSSR count).